The van der Waals surface area contributed by atoms with Crippen molar-refractivity contribution in [3.8, 4) is 0 Å². The van der Waals surface area contributed by atoms with Gasteiger partial charge in [0, 0.05) is 4.47 Å². The molecule has 2 rings (SSSR count). The van der Waals surface area contributed by atoms with Gasteiger partial charge in [-0.15, -0.1) is 0 Å². The third kappa shape index (κ3) is 1.09. The van der Waals surface area contributed by atoms with Crippen LogP contribution in [0.5, 0.6) is 0 Å². The average Bonchev–Trinajstić information content (AvgIpc) is 2.38. The van der Waals surface area contributed by atoms with E-state index in [9.17, 15) is 9.59 Å². The topological polar surface area (TPSA) is 46.2 Å². The fourth-order valence-corrected chi connectivity index (χ4v) is 1.81. The third-order valence-electron chi connectivity index (χ3n) is 2.03. The smallest absolute Gasteiger partial charge is 0.296 e. The lowest BCUT2D eigenvalue weighted by atomic mass is 10.1. The Morgan fingerprint density at radius 3 is 2.62 bits per heavy atom. The first kappa shape index (κ1) is 8.44. The summed E-state index contributed by atoms with van der Waals surface area (Å²) in [6.45, 7) is 1.81. The van der Waals surface area contributed by atoms with Crippen LogP contribution in [0.25, 0.3) is 0 Å². The molecule has 0 spiro atoms. The van der Waals surface area contributed by atoms with Gasteiger partial charge < -0.3 is 5.32 Å². The first-order valence-electron chi connectivity index (χ1n) is 3.76. The van der Waals surface area contributed by atoms with Gasteiger partial charge in [-0.1, -0.05) is 6.07 Å². The van der Waals surface area contributed by atoms with Crippen molar-refractivity contribution in [1.29, 1.82) is 0 Å². The van der Waals surface area contributed by atoms with Crippen molar-refractivity contribution >= 4 is 33.3 Å². The zero-order valence-corrected chi connectivity index (χ0v) is 8.44. The van der Waals surface area contributed by atoms with E-state index < -0.39 is 11.7 Å². The van der Waals surface area contributed by atoms with Gasteiger partial charge in [0.05, 0.1) is 11.3 Å². The van der Waals surface area contributed by atoms with Gasteiger partial charge in [-0.2, -0.15) is 0 Å². The lowest BCUT2D eigenvalue weighted by Crippen LogP contribution is -2.12. The molecule has 1 aliphatic rings. The highest BCUT2D eigenvalue weighted by molar-refractivity contribution is 9.10. The monoisotopic (exact) mass is 239 g/mol. The van der Waals surface area contributed by atoms with Crippen LogP contribution in [0.2, 0.25) is 0 Å². The number of ketones is 1. The molecule has 0 unspecified atom stereocenters. The van der Waals surface area contributed by atoms with Gasteiger partial charge in [0.15, 0.2) is 0 Å². The lowest BCUT2D eigenvalue weighted by Gasteiger charge is -2.02. The number of rotatable bonds is 0. The van der Waals surface area contributed by atoms with Crippen molar-refractivity contribution in [2.24, 2.45) is 0 Å². The summed E-state index contributed by atoms with van der Waals surface area (Å²) in [5.74, 6) is -1.00. The summed E-state index contributed by atoms with van der Waals surface area (Å²) < 4.78 is 0.743. The maximum absolute atomic E-state index is 11.3. The second-order valence-corrected chi connectivity index (χ2v) is 3.75. The van der Waals surface area contributed by atoms with Crippen molar-refractivity contribution in [3.63, 3.8) is 0 Å². The standard InChI is InChI=1S/C9H6BrNO2/c1-4-2-3-5(10)7-6(4)8(12)9(13)11-7/h2-3H,1H3,(H,11,12,13). The first-order valence-corrected chi connectivity index (χ1v) is 4.55. The highest BCUT2D eigenvalue weighted by atomic mass is 79.9. The Morgan fingerprint density at radius 1 is 1.31 bits per heavy atom. The predicted octanol–water partition coefficient (Wildman–Crippen LogP) is 1.89. The number of carbonyl (C=O) groups is 2. The van der Waals surface area contributed by atoms with Crippen LogP contribution in [0.1, 0.15) is 15.9 Å². The van der Waals surface area contributed by atoms with Crippen LogP contribution >= 0.6 is 15.9 Å². The van der Waals surface area contributed by atoms with Gasteiger partial charge in [-0.25, -0.2) is 0 Å². The van der Waals surface area contributed by atoms with Crippen molar-refractivity contribution in [3.05, 3.63) is 27.7 Å². The third-order valence-corrected chi connectivity index (χ3v) is 2.70. The molecule has 0 atom stereocenters. The fourth-order valence-electron chi connectivity index (χ4n) is 1.38. The number of carbonyl (C=O) groups excluding carboxylic acids is 2. The molecule has 1 heterocycles. The quantitative estimate of drug-likeness (QED) is 0.704. The van der Waals surface area contributed by atoms with E-state index in [0.717, 1.165) is 10.0 Å². The minimum atomic E-state index is -0.551. The van der Waals surface area contributed by atoms with Crippen LogP contribution in [-0.4, -0.2) is 11.7 Å². The van der Waals surface area contributed by atoms with E-state index in [1.54, 1.807) is 6.07 Å². The minimum Gasteiger partial charge on any atom is -0.317 e. The fraction of sp³-hybridized carbons (Fsp3) is 0.111. The van der Waals surface area contributed by atoms with Gasteiger partial charge in [-0.05, 0) is 34.5 Å². The maximum Gasteiger partial charge on any atom is 0.296 e. The van der Waals surface area contributed by atoms with E-state index in [4.69, 9.17) is 0 Å². The molecular weight excluding hydrogens is 234 g/mol. The van der Waals surface area contributed by atoms with Gasteiger partial charge in [0.25, 0.3) is 11.7 Å². The summed E-state index contributed by atoms with van der Waals surface area (Å²) in [7, 11) is 0. The number of nitrogens with one attached hydrogen (secondary N) is 1. The number of Topliss-reactive ketones (excluding diaryl/α,β-unsaturated/α-hetero) is 1. The lowest BCUT2D eigenvalue weighted by molar-refractivity contribution is -0.112. The Labute approximate surface area is 83.3 Å². The Morgan fingerprint density at radius 2 is 2.00 bits per heavy atom. The summed E-state index contributed by atoms with van der Waals surface area (Å²) >= 11 is 3.27. The first-order chi connectivity index (χ1) is 6.11. The minimum absolute atomic E-state index is 0.450. The molecule has 1 N–H and O–H groups in total. The van der Waals surface area contributed by atoms with Gasteiger partial charge >= 0.3 is 0 Å². The normalized spacial score (nSPS) is 14.3. The second kappa shape index (κ2) is 2.67. The molecular formula is C9H6BrNO2. The molecule has 1 amide bonds. The van der Waals surface area contributed by atoms with Crippen LogP contribution in [-0.2, 0) is 4.79 Å². The van der Waals surface area contributed by atoms with Crippen LogP contribution in [0.4, 0.5) is 5.69 Å². The zero-order valence-electron chi connectivity index (χ0n) is 6.85. The van der Waals surface area contributed by atoms with E-state index in [-0.39, 0.29) is 0 Å². The molecule has 0 radical (unpaired) electrons. The molecule has 13 heavy (non-hydrogen) atoms. The van der Waals surface area contributed by atoms with E-state index in [1.165, 1.54) is 0 Å². The number of aryl methyl sites for hydroxylation is 1. The second-order valence-electron chi connectivity index (χ2n) is 2.90. The van der Waals surface area contributed by atoms with E-state index in [0.29, 0.717) is 11.3 Å². The summed E-state index contributed by atoms with van der Waals surface area (Å²) in [5, 5.41) is 2.52. The molecule has 1 aromatic rings. The predicted molar refractivity (Wildman–Crippen MR) is 51.8 cm³/mol. The summed E-state index contributed by atoms with van der Waals surface area (Å²) in [5.41, 5.74) is 1.90. The summed E-state index contributed by atoms with van der Waals surface area (Å²) in [6, 6.07) is 3.62. The number of benzene rings is 1. The zero-order chi connectivity index (χ0) is 9.59. The molecule has 0 fully saturated rings. The summed E-state index contributed by atoms with van der Waals surface area (Å²) in [4.78, 5) is 22.4. The van der Waals surface area contributed by atoms with E-state index in [1.807, 2.05) is 13.0 Å². The maximum atomic E-state index is 11.3. The number of hydrogen-bond donors (Lipinski definition) is 1. The largest absolute Gasteiger partial charge is 0.317 e. The van der Waals surface area contributed by atoms with Gasteiger partial charge in [0.2, 0.25) is 0 Å². The van der Waals surface area contributed by atoms with Crippen LogP contribution < -0.4 is 5.32 Å². The molecule has 0 saturated heterocycles. The molecule has 3 nitrogen and oxygen atoms in total. The van der Waals surface area contributed by atoms with Crippen LogP contribution in [0.15, 0.2) is 16.6 Å². The number of halogens is 1. The molecule has 0 bridgehead atoms. The van der Waals surface area contributed by atoms with Gasteiger partial charge in [0.1, 0.15) is 0 Å². The van der Waals surface area contributed by atoms with E-state index in [2.05, 4.69) is 21.2 Å². The van der Waals surface area contributed by atoms with Crippen molar-refractivity contribution in [1.82, 2.24) is 0 Å². The molecule has 66 valence electrons. The highest BCUT2D eigenvalue weighted by Gasteiger charge is 2.30. The van der Waals surface area contributed by atoms with Crippen LogP contribution in [0, 0.1) is 6.92 Å². The Hall–Kier alpha value is -1.16. The summed E-state index contributed by atoms with van der Waals surface area (Å²) in [6.07, 6.45) is 0. The number of anilines is 1. The number of fused-ring (bicyclic) bond motifs is 1. The highest BCUT2D eigenvalue weighted by Crippen LogP contribution is 2.33. The Balaban J connectivity index is 2.75. The molecule has 0 aromatic heterocycles. The van der Waals surface area contributed by atoms with Crippen molar-refractivity contribution in [2.75, 3.05) is 5.32 Å². The molecule has 0 aliphatic carbocycles. The van der Waals surface area contributed by atoms with Gasteiger partial charge in [-0.3, -0.25) is 9.59 Å². The van der Waals surface area contributed by atoms with Crippen molar-refractivity contribution < 1.29 is 9.59 Å². The van der Waals surface area contributed by atoms with E-state index >= 15 is 0 Å². The Bertz CT molecular complexity index is 426. The van der Waals surface area contributed by atoms with Crippen molar-refractivity contribution in [2.45, 2.75) is 6.92 Å². The average molecular weight is 240 g/mol. The Kier molecular flexibility index (Phi) is 1.73. The number of amides is 1. The SMILES string of the molecule is Cc1ccc(Br)c2c1C(=O)C(=O)N2. The van der Waals surface area contributed by atoms with Crippen LogP contribution in [0.3, 0.4) is 0 Å². The molecule has 0 saturated carbocycles. The molecule has 1 aliphatic heterocycles. The number of hydrogen-bond acceptors (Lipinski definition) is 2. The molecule has 4 heteroatoms. The molecule has 1 aromatic carbocycles.